The van der Waals surface area contributed by atoms with Gasteiger partial charge in [-0.1, -0.05) is 45.0 Å². The Labute approximate surface area is 203 Å². The van der Waals surface area contributed by atoms with Crippen LogP contribution in [0.1, 0.15) is 38.8 Å². The minimum absolute atomic E-state index is 0.0116. The third kappa shape index (κ3) is 6.17. The fourth-order valence-corrected chi connectivity index (χ4v) is 4.71. The second-order valence-corrected chi connectivity index (χ2v) is 11.3. The number of anilines is 1. The molecular formula is C23H26N4O3S3. The van der Waals surface area contributed by atoms with Gasteiger partial charge < -0.3 is 10.4 Å². The van der Waals surface area contributed by atoms with Gasteiger partial charge in [0.25, 0.3) is 0 Å². The van der Waals surface area contributed by atoms with Crippen molar-refractivity contribution >= 4 is 50.1 Å². The molecule has 0 bridgehead atoms. The molecule has 0 aliphatic heterocycles. The Kier molecular flexibility index (Phi) is 7.23. The predicted octanol–water partition coefficient (Wildman–Crippen LogP) is 4.78. The van der Waals surface area contributed by atoms with Gasteiger partial charge in [0.1, 0.15) is 5.75 Å². The van der Waals surface area contributed by atoms with Crippen LogP contribution in [-0.4, -0.2) is 24.3 Å². The van der Waals surface area contributed by atoms with E-state index in [1.165, 1.54) is 29.0 Å². The van der Waals surface area contributed by atoms with Crippen molar-refractivity contribution in [3.63, 3.8) is 0 Å². The first kappa shape index (κ1) is 24.8. The lowest BCUT2D eigenvalue weighted by Crippen LogP contribution is -2.25. The number of hydrogen-bond donors (Lipinski definition) is 4. The maximum absolute atomic E-state index is 11.3. The zero-order valence-electron chi connectivity index (χ0n) is 18.7. The van der Waals surface area contributed by atoms with Gasteiger partial charge in [-0.15, -0.1) is 11.3 Å². The molecule has 0 spiro atoms. The lowest BCUT2D eigenvalue weighted by atomic mass is 9.86. The fourth-order valence-electron chi connectivity index (χ4n) is 3.02. The summed E-state index contributed by atoms with van der Waals surface area (Å²) in [4.78, 5) is 0.785. The Balaban J connectivity index is 1.69. The van der Waals surface area contributed by atoms with Crippen molar-refractivity contribution in [3.05, 3.63) is 65.0 Å². The number of sulfonamides is 1. The second-order valence-electron chi connectivity index (χ2n) is 8.49. The van der Waals surface area contributed by atoms with Crippen LogP contribution >= 0.6 is 23.6 Å². The number of hydrogen-bond acceptors (Lipinski definition) is 6. The quantitative estimate of drug-likeness (QED) is 0.227. The number of aromatic hydroxyl groups is 1. The van der Waals surface area contributed by atoms with E-state index in [0.717, 1.165) is 10.4 Å². The van der Waals surface area contributed by atoms with Crippen molar-refractivity contribution in [3.8, 4) is 16.2 Å². The average Bonchev–Trinajstić information content (AvgIpc) is 3.12. The molecule has 7 nitrogen and oxygen atoms in total. The summed E-state index contributed by atoms with van der Waals surface area (Å²) in [6.45, 7) is 8.25. The van der Waals surface area contributed by atoms with Gasteiger partial charge in [-0.25, -0.2) is 13.6 Å². The van der Waals surface area contributed by atoms with Crippen molar-refractivity contribution in [2.75, 3.05) is 5.32 Å². The first-order chi connectivity index (χ1) is 15.4. The van der Waals surface area contributed by atoms with Gasteiger partial charge in [0, 0.05) is 11.1 Å². The van der Waals surface area contributed by atoms with E-state index in [1.54, 1.807) is 19.1 Å². The van der Waals surface area contributed by atoms with Crippen LogP contribution in [0.15, 0.2) is 63.9 Å². The molecule has 1 heterocycles. The van der Waals surface area contributed by atoms with E-state index in [4.69, 9.17) is 17.4 Å². The molecule has 10 heteroatoms. The molecule has 0 aliphatic carbocycles. The highest BCUT2D eigenvalue weighted by molar-refractivity contribution is 7.89. The van der Waals surface area contributed by atoms with Crippen LogP contribution in [0.5, 0.6) is 5.75 Å². The monoisotopic (exact) mass is 502 g/mol. The number of hydrazone groups is 1. The van der Waals surface area contributed by atoms with Crippen molar-refractivity contribution in [1.82, 2.24) is 5.43 Å². The number of thiocarbonyl (C=S) groups is 1. The number of nitrogens with two attached hydrogens (primary N) is 1. The normalized spacial score (nSPS) is 12.5. The average molecular weight is 503 g/mol. The lowest BCUT2D eigenvalue weighted by Gasteiger charge is -2.19. The molecular weight excluding hydrogens is 476 g/mol. The van der Waals surface area contributed by atoms with Crippen LogP contribution in [0.25, 0.3) is 10.4 Å². The highest BCUT2D eigenvalue weighted by atomic mass is 32.2. The van der Waals surface area contributed by atoms with E-state index in [9.17, 15) is 13.5 Å². The van der Waals surface area contributed by atoms with Crippen LogP contribution in [0, 0.1) is 0 Å². The summed E-state index contributed by atoms with van der Waals surface area (Å²) < 4.78 is 22.7. The van der Waals surface area contributed by atoms with Crippen molar-refractivity contribution in [2.24, 2.45) is 10.2 Å². The Hall–Kier alpha value is -2.79. The second kappa shape index (κ2) is 9.60. The number of thiophene rings is 1. The largest absolute Gasteiger partial charge is 0.506 e. The van der Waals surface area contributed by atoms with Gasteiger partial charge >= 0.3 is 0 Å². The van der Waals surface area contributed by atoms with Crippen LogP contribution in [-0.2, 0) is 15.4 Å². The maximum Gasteiger partial charge on any atom is 0.238 e. The Bertz CT molecular complexity index is 1290. The molecule has 0 saturated heterocycles. The molecule has 0 saturated carbocycles. The molecule has 0 unspecified atom stereocenters. The van der Waals surface area contributed by atoms with Gasteiger partial charge in [0.2, 0.25) is 10.0 Å². The van der Waals surface area contributed by atoms with Crippen molar-refractivity contribution in [2.45, 2.75) is 38.0 Å². The minimum atomic E-state index is -3.75. The fraction of sp³-hybridized carbons (Fsp3) is 0.217. The first-order valence-electron chi connectivity index (χ1n) is 10.0. The summed E-state index contributed by atoms with van der Waals surface area (Å²) >= 11 is 6.68. The topological polar surface area (TPSA) is 117 Å². The highest BCUT2D eigenvalue weighted by Gasteiger charge is 2.17. The van der Waals surface area contributed by atoms with E-state index in [2.05, 4.69) is 48.7 Å². The van der Waals surface area contributed by atoms with Gasteiger partial charge in [-0.3, -0.25) is 5.43 Å². The Morgan fingerprint density at radius 2 is 1.70 bits per heavy atom. The van der Waals surface area contributed by atoms with E-state index >= 15 is 0 Å². The minimum Gasteiger partial charge on any atom is -0.506 e. The van der Waals surface area contributed by atoms with E-state index in [-0.39, 0.29) is 21.2 Å². The molecule has 1 aromatic heterocycles. The number of primary sulfonamides is 1. The molecule has 0 fully saturated rings. The summed E-state index contributed by atoms with van der Waals surface area (Å²) in [5, 5.41) is 25.1. The summed E-state index contributed by atoms with van der Waals surface area (Å²) in [5.74, 6) is 0.170. The summed E-state index contributed by atoms with van der Waals surface area (Å²) in [5.41, 5.74) is 6.72. The third-order valence-electron chi connectivity index (χ3n) is 4.93. The Morgan fingerprint density at radius 1 is 1.09 bits per heavy atom. The zero-order valence-corrected chi connectivity index (χ0v) is 21.2. The molecule has 33 heavy (non-hydrogen) atoms. The summed E-state index contributed by atoms with van der Waals surface area (Å²) in [6, 6.07) is 14.0. The summed E-state index contributed by atoms with van der Waals surface area (Å²) in [6.07, 6.45) is 0. The maximum atomic E-state index is 11.3. The van der Waals surface area contributed by atoms with E-state index in [0.29, 0.717) is 17.0 Å². The SMILES string of the molecule is CC(=NNC(=S)Nc1ccc(S(N)(=O)=O)cc1)c1csc(-c2ccc(C(C)(C)C)cc2)c1O. The van der Waals surface area contributed by atoms with Crippen LogP contribution in [0.2, 0.25) is 0 Å². The number of benzene rings is 2. The van der Waals surface area contributed by atoms with Crippen molar-refractivity contribution < 1.29 is 13.5 Å². The molecule has 5 N–H and O–H groups in total. The van der Waals surface area contributed by atoms with E-state index in [1.807, 2.05) is 17.5 Å². The smallest absolute Gasteiger partial charge is 0.238 e. The molecule has 2 aromatic carbocycles. The van der Waals surface area contributed by atoms with Crippen LogP contribution in [0.3, 0.4) is 0 Å². The molecule has 3 aromatic rings. The molecule has 0 radical (unpaired) electrons. The van der Waals surface area contributed by atoms with E-state index < -0.39 is 10.0 Å². The highest BCUT2D eigenvalue weighted by Crippen LogP contribution is 2.39. The molecule has 3 rings (SSSR count). The summed E-state index contributed by atoms with van der Waals surface area (Å²) in [7, 11) is -3.75. The number of nitrogens with zero attached hydrogens (tertiary/aromatic N) is 1. The molecule has 0 atom stereocenters. The van der Waals surface area contributed by atoms with Crippen LogP contribution in [0.4, 0.5) is 5.69 Å². The standard InChI is InChI=1S/C23H26N4O3S3/c1-14(26-27-22(31)25-17-9-11-18(12-10-17)33(24,29)30)19-13-32-21(20(19)28)15-5-7-16(8-6-15)23(2,3)4/h5-13,28H,1-4H3,(H2,24,29,30)(H2,25,27,31). The van der Waals surface area contributed by atoms with Gasteiger partial charge in [0.15, 0.2) is 5.11 Å². The zero-order chi connectivity index (χ0) is 24.4. The van der Waals surface area contributed by atoms with Crippen molar-refractivity contribution in [1.29, 1.82) is 0 Å². The first-order valence-corrected chi connectivity index (χ1v) is 12.9. The number of rotatable bonds is 5. The van der Waals surface area contributed by atoms with Gasteiger partial charge in [-0.2, -0.15) is 5.10 Å². The Morgan fingerprint density at radius 3 is 2.24 bits per heavy atom. The molecule has 0 aliphatic rings. The van der Waals surface area contributed by atoms with Gasteiger partial charge in [0.05, 0.1) is 21.0 Å². The molecule has 174 valence electrons. The number of nitrogens with one attached hydrogen (secondary N) is 2. The van der Waals surface area contributed by atoms with Gasteiger partial charge in [-0.05, 0) is 59.9 Å². The third-order valence-corrected chi connectivity index (χ3v) is 7.07. The lowest BCUT2D eigenvalue weighted by molar-refractivity contribution is 0.478. The van der Waals surface area contributed by atoms with Crippen LogP contribution < -0.4 is 15.9 Å². The molecule has 0 amide bonds. The predicted molar refractivity (Wildman–Crippen MR) is 140 cm³/mol.